The SMILES string of the molecule is C=Cc1ccc(C(=O)OCCN2C(=O)c3cc(Oc4ccc(C(C)(C)C)cc4)c4c5c(Oc6ccc(C(C)(C)C)cc6)cc6c7c(cc(Oc8ccc(C(C)(C)C)cc8)c(c8c(Oc9ccc(C(C)(C)C)cc9)cc(c3c48)C2=O)c75)C(=O)N(CCCC)C6=O)cc1. The van der Waals surface area contributed by atoms with E-state index in [-0.39, 0.29) is 86.6 Å². The van der Waals surface area contributed by atoms with Crippen molar-refractivity contribution in [3.05, 3.63) is 208 Å². The fourth-order valence-electron chi connectivity index (χ4n) is 12.3. The molecule has 462 valence electrons. The van der Waals surface area contributed by atoms with Gasteiger partial charge in [0, 0.05) is 49.6 Å². The Hall–Kier alpha value is -9.81. The fraction of sp³-hybridized carbons (Fsp3) is 0.278. The van der Waals surface area contributed by atoms with Crippen LogP contribution in [0.5, 0.6) is 46.0 Å². The number of carbonyl (C=O) groups excluding carboxylic acids is 5. The molecule has 0 spiro atoms. The largest absolute Gasteiger partial charge is 0.460 e. The summed E-state index contributed by atoms with van der Waals surface area (Å²) in [5.41, 5.74) is 5.30. The van der Waals surface area contributed by atoms with Crippen LogP contribution in [0.3, 0.4) is 0 Å². The number of amides is 4. The Kier molecular flexibility index (Phi) is 15.5. The summed E-state index contributed by atoms with van der Waals surface area (Å²) in [6.45, 7) is 31.0. The highest BCUT2D eigenvalue weighted by Gasteiger charge is 2.42. The molecule has 0 unspecified atom stereocenters. The molecule has 0 radical (unpaired) electrons. The van der Waals surface area contributed by atoms with Gasteiger partial charge in [-0.05, 0) is 141 Å². The monoisotopic (exact) mass is 1210 g/mol. The standard InChI is InChI=1S/C79H76N2O10/c1-15-17-38-80-71(82)55-41-59(88-51-30-22-47(23-31-51)76(3,4)5)65-67-61(90-53-34-26-49(27-35-53)78(9,10)11)43-57-64-58(74(85)81(73(57)84)39-40-87-75(86)46-20-18-45(16-2)19-21-46)44-62(91-54-36-28-50(29-37-54)79(12,13)14)68(70(64)67)66-60(42-56(72(80)83)63(55)69(65)66)89-52-32-24-48(25-33-52)77(6,7)8/h16,18-37,41-44H,2,15,17,38-40H2,1,3-14H3. The molecule has 91 heavy (non-hydrogen) atoms. The third-order valence-corrected chi connectivity index (χ3v) is 17.5. The zero-order valence-electron chi connectivity index (χ0n) is 54.2. The van der Waals surface area contributed by atoms with Gasteiger partial charge < -0.3 is 23.7 Å². The third kappa shape index (κ3) is 11.3. The third-order valence-electron chi connectivity index (χ3n) is 17.5. The number of nitrogens with zero attached hydrogens (tertiary/aromatic N) is 2. The molecular formula is C79H76N2O10. The molecule has 0 aromatic heterocycles. The van der Waals surface area contributed by atoms with E-state index in [0.29, 0.717) is 78.1 Å². The van der Waals surface area contributed by atoms with Crippen LogP contribution in [0.15, 0.2) is 152 Å². The van der Waals surface area contributed by atoms with Gasteiger partial charge in [-0.3, -0.25) is 29.0 Å². The lowest BCUT2D eigenvalue weighted by Gasteiger charge is -2.32. The number of ether oxygens (including phenoxy) is 5. The van der Waals surface area contributed by atoms with Gasteiger partial charge in [0.15, 0.2) is 0 Å². The van der Waals surface area contributed by atoms with Crippen molar-refractivity contribution >= 4 is 78.8 Å². The average molecular weight is 1210 g/mol. The molecule has 12 rings (SSSR count). The lowest BCUT2D eigenvalue weighted by Crippen LogP contribution is -2.42. The maximum Gasteiger partial charge on any atom is 0.338 e. The van der Waals surface area contributed by atoms with E-state index in [9.17, 15) is 4.79 Å². The predicted octanol–water partition coefficient (Wildman–Crippen LogP) is 19.6. The quantitative estimate of drug-likeness (QED) is 0.0398. The Labute approximate surface area is 531 Å². The summed E-state index contributed by atoms with van der Waals surface area (Å²) in [5.74, 6) is -0.295. The topological polar surface area (TPSA) is 138 Å². The smallest absolute Gasteiger partial charge is 0.338 e. The van der Waals surface area contributed by atoms with Gasteiger partial charge >= 0.3 is 5.97 Å². The highest BCUT2D eigenvalue weighted by molar-refractivity contribution is 6.44. The Bertz CT molecular complexity index is 4340. The van der Waals surface area contributed by atoms with Crippen molar-refractivity contribution in [2.24, 2.45) is 0 Å². The van der Waals surface area contributed by atoms with Gasteiger partial charge in [-0.15, -0.1) is 0 Å². The van der Waals surface area contributed by atoms with E-state index in [2.05, 4.69) is 89.7 Å². The number of hydrogen-bond donors (Lipinski definition) is 0. The molecule has 12 heteroatoms. The van der Waals surface area contributed by atoms with E-state index < -0.39 is 29.6 Å². The van der Waals surface area contributed by atoms with Crippen LogP contribution in [0.2, 0.25) is 0 Å². The lowest BCUT2D eigenvalue weighted by molar-refractivity contribution is 0.0405. The van der Waals surface area contributed by atoms with Crippen LogP contribution < -0.4 is 18.9 Å². The summed E-state index contributed by atoms with van der Waals surface area (Å²) in [5, 5.41) is 3.12. The van der Waals surface area contributed by atoms with Gasteiger partial charge in [0.05, 0.1) is 34.4 Å². The summed E-state index contributed by atoms with van der Waals surface area (Å²) in [6, 6.07) is 44.7. The summed E-state index contributed by atoms with van der Waals surface area (Å²) >= 11 is 0. The van der Waals surface area contributed by atoms with Gasteiger partial charge in [-0.25, -0.2) is 4.79 Å². The first-order chi connectivity index (χ1) is 43.1. The predicted molar refractivity (Wildman–Crippen MR) is 361 cm³/mol. The van der Waals surface area contributed by atoms with Crippen LogP contribution >= 0.6 is 0 Å². The van der Waals surface area contributed by atoms with Crippen LogP contribution in [0.25, 0.3) is 49.2 Å². The second-order valence-electron chi connectivity index (χ2n) is 28.0. The molecule has 12 nitrogen and oxygen atoms in total. The molecule has 0 saturated heterocycles. The zero-order chi connectivity index (χ0) is 64.8. The maximum atomic E-state index is 15.7. The molecule has 0 bridgehead atoms. The lowest BCUT2D eigenvalue weighted by atomic mass is 9.80. The minimum atomic E-state index is -0.661. The molecule has 2 aliphatic rings. The molecule has 0 atom stereocenters. The number of esters is 1. The van der Waals surface area contributed by atoms with E-state index in [1.54, 1.807) is 54.6 Å². The van der Waals surface area contributed by atoms with Crippen LogP contribution in [-0.4, -0.2) is 59.1 Å². The van der Waals surface area contributed by atoms with Gasteiger partial charge in [0.25, 0.3) is 23.6 Å². The number of carbonyl (C=O) groups is 5. The molecule has 10 aromatic rings. The zero-order valence-corrected chi connectivity index (χ0v) is 54.2. The maximum absolute atomic E-state index is 15.7. The first-order valence-corrected chi connectivity index (χ1v) is 31.2. The number of fused-ring (bicyclic) bond motifs is 2. The number of hydrogen-bond acceptors (Lipinski definition) is 10. The highest BCUT2D eigenvalue weighted by Crippen LogP contribution is 2.58. The molecular weight excluding hydrogens is 1140 g/mol. The van der Waals surface area contributed by atoms with E-state index in [1.165, 1.54) is 4.90 Å². The van der Waals surface area contributed by atoms with Crippen molar-refractivity contribution in [2.75, 3.05) is 19.7 Å². The average Bonchev–Trinajstić information content (AvgIpc) is 0.674. The Morgan fingerprint density at radius 2 is 0.681 bits per heavy atom. The minimum absolute atomic E-state index is 0.120. The Morgan fingerprint density at radius 1 is 0.396 bits per heavy atom. The van der Waals surface area contributed by atoms with E-state index in [4.69, 9.17) is 23.7 Å². The van der Waals surface area contributed by atoms with Crippen molar-refractivity contribution in [1.29, 1.82) is 0 Å². The number of unbranched alkanes of at least 4 members (excludes halogenated alkanes) is 1. The van der Waals surface area contributed by atoms with Crippen LogP contribution in [0.4, 0.5) is 0 Å². The Morgan fingerprint density at radius 3 is 0.945 bits per heavy atom. The van der Waals surface area contributed by atoms with Gasteiger partial charge in [-0.1, -0.05) is 170 Å². The fourth-order valence-corrected chi connectivity index (χ4v) is 12.3. The first-order valence-electron chi connectivity index (χ1n) is 31.2. The Balaban J connectivity index is 1.22. The van der Waals surface area contributed by atoms with Crippen molar-refractivity contribution < 1.29 is 47.7 Å². The van der Waals surface area contributed by atoms with Gasteiger partial charge in [0.2, 0.25) is 0 Å². The molecule has 10 aromatic carbocycles. The summed E-state index contributed by atoms with van der Waals surface area (Å²) < 4.78 is 34.7. The van der Waals surface area contributed by atoms with Crippen LogP contribution in [-0.2, 0) is 26.4 Å². The van der Waals surface area contributed by atoms with E-state index >= 15 is 19.2 Å². The van der Waals surface area contributed by atoms with Crippen molar-refractivity contribution in [3.63, 3.8) is 0 Å². The van der Waals surface area contributed by atoms with Crippen molar-refractivity contribution in [3.8, 4) is 46.0 Å². The van der Waals surface area contributed by atoms with Crippen molar-refractivity contribution in [2.45, 2.75) is 125 Å². The summed E-state index contributed by atoms with van der Waals surface area (Å²) in [4.78, 5) is 78.2. The van der Waals surface area contributed by atoms with Crippen molar-refractivity contribution in [1.82, 2.24) is 9.80 Å². The molecule has 0 saturated carbocycles. The molecule has 0 fully saturated rings. The first kappa shape index (κ1) is 61.4. The van der Waals surface area contributed by atoms with Crippen LogP contribution in [0.1, 0.15) is 182 Å². The second-order valence-corrected chi connectivity index (χ2v) is 28.0. The minimum Gasteiger partial charge on any atom is -0.460 e. The number of rotatable bonds is 16. The highest BCUT2D eigenvalue weighted by atomic mass is 16.5. The number of imide groups is 2. The van der Waals surface area contributed by atoms with E-state index in [0.717, 1.165) is 39.1 Å². The van der Waals surface area contributed by atoms with Gasteiger partial charge in [-0.2, -0.15) is 0 Å². The molecule has 4 amide bonds. The van der Waals surface area contributed by atoms with Gasteiger partial charge in [0.1, 0.15) is 52.6 Å². The normalized spacial score (nSPS) is 13.7. The molecule has 2 heterocycles. The molecule has 2 aliphatic heterocycles. The second kappa shape index (κ2) is 22.9. The number of benzene rings is 10. The molecule has 0 N–H and O–H groups in total. The van der Waals surface area contributed by atoms with Crippen LogP contribution in [0, 0.1) is 0 Å². The summed E-state index contributed by atoms with van der Waals surface area (Å²) in [7, 11) is 0. The summed E-state index contributed by atoms with van der Waals surface area (Å²) in [6.07, 6.45) is 2.97. The molecule has 0 aliphatic carbocycles. The van der Waals surface area contributed by atoms with E-state index in [1.807, 2.05) is 104 Å².